The molecule has 2 aliphatic rings. The molecule has 1 spiro atoms. The van der Waals surface area contributed by atoms with Gasteiger partial charge in [-0.3, -0.25) is 0 Å². The van der Waals surface area contributed by atoms with Crippen LogP contribution in [-0.2, 0) is 9.47 Å². The van der Waals surface area contributed by atoms with Crippen LogP contribution in [0.15, 0.2) is 18.2 Å². The third-order valence-corrected chi connectivity index (χ3v) is 3.86. The van der Waals surface area contributed by atoms with Gasteiger partial charge in [0.2, 0.25) is 0 Å². The molecule has 1 aromatic rings. The van der Waals surface area contributed by atoms with E-state index >= 15 is 0 Å². The lowest BCUT2D eigenvalue weighted by atomic mass is 10.0. The fraction of sp³-hybridized carbons (Fsp3) is 0.500. The van der Waals surface area contributed by atoms with Crippen LogP contribution < -0.4 is 10.6 Å². The van der Waals surface area contributed by atoms with Crippen LogP contribution in [0.2, 0.25) is 0 Å². The maximum Gasteiger partial charge on any atom is 0.171 e. The van der Waals surface area contributed by atoms with Gasteiger partial charge in [-0.25, -0.2) is 0 Å². The fourth-order valence-corrected chi connectivity index (χ4v) is 2.74. The molecule has 0 radical (unpaired) electrons. The number of nitrogens with zero attached hydrogens (tertiary/aromatic N) is 2. The Balaban J connectivity index is 1.71. The summed E-state index contributed by atoms with van der Waals surface area (Å²) in [5.74, 6) is -0.353. The monoisotopic (exact) mass is 259 g/mol. The highest BCUT2D eigenvalue weighted by molar-refractivity contribution is 5.63. The van der Waals surface area contributed by atoms with Gasteiger partial charge in [0.1, 0.15) is 6.07 Å². The molecule has 2 aliphatic heterocycles. The van der Waals surface area contributed by atoms with Gasteiger partial charge >= 0.3 is 0 Å². The van der Waals surface area contributed by atoms with E-state index in [0.717, 1.165) is 31.6 Å². The molecule has 0 unspecified atom stereocenters. The van der Waals surface area contributed by atoms with Crippen molar-refractivity contribution >= 4 is 11.4 Å². The van der Waals surface area contributed by atoms with E-state index in [-0.39, 0.29) is 5.79 Å². The fourth-order valence-electron chi connectivity index (χ4n) is 2.74. The van der Waals surface area contributed by atoms with E-state index < -0.39 is 0 Å². The van der Waals surface area contributed by atoms with Crippen molar-refractivity contribution in [1.82, 2.24) is 0 Å². The molecule has 2 heterocycles. The van der Waals surface area contributed by atoms with Crippen molar-refractivity contribution in [3.05, 3.63) is 23.8 Å². The number of rotatable bonds is 1. The smallest absolute Gasteiger partial charge is 0.171 e. The topological polar surface area (TPSA) is 71.5 Å². The number of benzene rings is 1. The Bertz CT molecular complexity index is 508. The highest BCUT2D eigenvalue weighted by atomic mass is 16.7. The molecule has 2 fully saturated rings. The van der Waals surface area contributed by atoms with Gasteiger partial charge in [0.05, 0.1) is 24.5 Å². The second-order valence-corrected chi connectivity index (χ2v) is 4.98. The molecule has 1 aromatic carbocycles. The molecular formula is C14H17N3O2. The molecular weight excluding hydrogens is 242 g/mol. The number of piperidine rings is 1. The van der Waals surface area contributed by atoms with Gasteiger partial charge in [-0.05, 0) is 18.2 Å². The highest BCUT2D eigenvalue weighted by Gasteiger charge is 2.39. The number of nitrogen functional groups attached to an aromatic ring is 1. The lowest BCUT2D eigenvalue weighted by Gasteiger charge is -2.38. The summed E-state index contributed by atoms with van der Waals surface area (Å²) < 4.78 is 11.4. The second kappa shape index (κ2) is 4.72. The van der Waals surface area contributed by atoms with E-state index in [0.29, 0.717) is 24.5 Å². The molecule has 0 saturated carbocycles. The maximum absolute atomic E-state index is 8.88. The third-order valence-electron chi connectivity index (χ3n) is 3.86. The van der Waals surface area contributed by atoms with Gasteiger partial charge in [0.15, 0.2) is 5.79 Å². The number of hydrogen-bond acceptors (Lipinski definition) is 5. The number of anilines is 2. The van der Waals surface area contributed by atoms with E-state index in [1.165, 1.54) is 0 Å². The molecule has 0 aliphatic carbocycles. The summed E-state index contributed by atoms with van der Waals surface area (Å²) in [5, 5.41) is 8.88. The number of ether oxygens (including phenoxy) is 2. The Morgan fingerprint density at radius 3 is 2.47 bits per heavy atom. The van der Waals surface area contributed by atoms with Gasteiger partial charge in [0.25, 0.3) is 0 Å². The largest absolute Gasteiger partial charge is 0.398 e. The number of nitriles is 1. The second-order valence-electron chi connectivity index (χ2n) is 4.98. The Morgan fingerprint density at radius 2 is 1.89 bits per heavy atom. The predicted molar refractivity (Wildman–Crippen MR) is 71.7 cm³/mol. The quantitative estimate of drug-likeness (QED) is 0.773. The van der Waals surface area contributed by atoms with Crippen LogP contribution >= 0.6 is 0 Å². The van der Waals surface area contributed by atoms with Crippen LogP contribution in [0.5, 0.6) is 0 Å². The summed E-state index contributed by atoms with van der Waals surface area (Å²) in [6, 6.07) is 7.67. The predicted octanol–water partition coefficient (Wildman–Crippen LogP) is 1.48. The van der Waals surface area contributed by atoms with E-state index in [9.17, 15) is 0 Å². The lowest BCUT2D eigenvalue weighted by Crippen LogP contribution is -2.45. The van der Waals surface area contributed by atoms with Crippen LogP contribution in [0, 0.1) is 11.3 Å². The first-order valence-electron chi connectivity index (χ1n) is 6.55. The van der Waals surface area contributed by atoms with Crippen molar-refractivity contribution in [1.29, 1.82) is 5.26 Å². The SMILES string of the molecule is N#Cc1ccc(N2CCC3(CC2)OCCO3)cc1N. The molecule has 5 nitrogen and oxygen atoms in total. The maximum atomic E-state index is 8.88. The number of hydrogen-bond donors (Lipinski definition) is 1. The molecule has 2 saturated heterocycles. The van der Waals surface area contributed by atoms with Gasteiger partial charge in [0, 0.05) is 31.6 Å². The van der Waals surface area contributed by atoms with Crippen molar-refractivity contribution < 1.29 is 9.47 Å². The molecule has 3 rings (SSSR count). The lowest BCUT2D eigenvalue weighted by molar-refractivity contribution is -0.169. The van der Waals surface area contributed by atoms with Crippen LogP contribution in [0.3, 0.4) is 0 Å². The highest BCUT2D eigenvalue weighted by Crippen LogP contribution is 2.33. The van der Waals surface area contributed by atoms with Crippen molar-refractivity contribution in [2.45, 2.75) is 18.6 Å². The minimum atomic E-state index is -0.353. The normalized spacial score (nSPS) is 21.5. The summed E-state index contributed by atoms with van der Waals surface area (Å²) in [6.45, 7) is 3.16. The summed E-state index contributed by atoms with van der Waals surface area (Å²) in [7, 11) is 0. The molecule has 5 heteroatoms. The molecule has 0 bridgehead atoms. The van der Waals surface area contributed by atoms with Gasteiger partial charge in [-0.1, -0.05) is 0 Å². The van der Waals surface area contributed by atoms with Crippen LogP contribution in [0.1, 0.15) is 18.4 Å². The average molecular weight is 259 g/mol. The standard InChI is InChI=1S/C14H17N3O2/c15-10-11-1-2-12(9-13(11)16)17-5-3-14(4-6-17)18-7-8-19-14/h1-2,9H,3-8,16H2. The zero-order valence-corrected chi connectivity index (χ0v) is 10.8. The average Bonchev–Trinajstić information content (AvgIpc) is 2.88. The Hall–Kier alpha value is -1.77. The zero-order chi connectivity index (χ0) is 13.3. The zero-order valence-electron chi connectivity index (χ0n) is 10.8. The third kappa shape index (κ3) is 2.25. The van der Waals surface area contributed by atoms with Crippen LogP contribution in [-0.4, -0.2) is 32.1 Å². The Labute approximate surface area is 112 Å². The Kier molecular flexibility index (Phi) is 3.05. The van der Waals surface area contributed by atoms with E-state index in [2.05, 4.69) is 11.0 Å². The molecule has 0 aromatic heterocycles. The first-order valence-corrected chi connectivity index (χ1v) is 6.55. The molecule has 19 heavy (non-hydrogen) atoms. The van der Waals surface area contributed by atoms with Gasteiger partial charge in [-0.15, -0.1) is 0 Å². The first-order chi connectivity index (χ1) is 9.22. The van der Waals surface area contributed by atoms with Crippen molar-refractivity contribution in [3.8, 4) is 6.07 Å². The van der Waals surface area contributed by atoms with E-state index in [1.54, 1.807) is 6.07 Å². The minimum absolute atomic E-state index is 0.353. The molecule has 2 N–H and O–H groups in total. The van der Waals surface area contributed by atoms with E-state index in [4.69, 9.17) is 20.5 Å². The summed E-state index contributed by atoms with van der Waals surface area (Å²) in [5.41, 5.74) is 7.98. The summed E-state index contributed by atoms with van der Waals surface area (Å²) in [6.07, 6.45) is 1.74. The van der Waals surface area contributed by atoms with Gasteiger partial charge in [-0.2, -0.15) is 5.26 Å². The van der Waals surface area contributed by atoms with Gasteiger partial charge < -0.3 is 20.1 Å². The van der Waals surface area contributed by atoms with Crippen molar-refractivity contribution in [2.24, 2.45) is 0 Å². The molecule has 0 atom stereocenters. The van der Waals surface area contributed by atoms with E-state index in [1.807, 2.05) is 12.1 Å². The summed E-state index contributed by atoms with van der Waals surface area (Å²) in [4.78, 5) is 2.26. The van der Waals surface area contributed by atoms with Crippen LogP contribution in [0.4, 0.5) is 11.4 Å². The van der Waals surface area contributed by atoms with Crippen LogP contribution in [0.25, 0.3) is 0 Å². The first kappa shape index (κ1) is 12.3. The summed E-state index contributed by atoms with van der Waals surface area (Å²) >= 11 is 0. The Morgan fingerprint density at radius 1 is 1.21 bits per heavy atom. The molecule has 0 amide bonds. The van der Waals surface area contributed by atoms with Crippen molar-refractivity contribution in [2.75, 3.05) is 36.9 Å². The minimum Gasteiger partial charge on any atom is -0.398 e. The molecule has 100 valence electrons. The van der Waals surface area contributed by atoms with Crippen molar-refractivity contribution in [3.63, 3.8) is 0 Å². The number of nitrogens with two attached hydrogens (primary N) is 1.